The van der Waals surface area contributed by atoms with E-state index in [1.165, 1.54) is 34.6 Å². The van der Waals surface area contributed by atoms with Crippen LogP contribution in [0.25, 0.3) is 0 Å². The largest absolute Gasteiger partial charge is 0.283 e. The molecular weight excluding hydrogens is 367 g/mol. The molecule has 0 amide bonds. The fourth-order valence-corrected chi connectivity index (χ4v) is 5.42. The van der Waals surface area contributed by atoms with Crippen molar-refractivity contribution >= 4 is 31.4 Å². The van der Waals surface area contributed by atoms with Gasteiger partial charge in [-0.25, -0.2) is 21.2 Å². The summed E-state index contributed by atoms with van der Waals surface area (Å²) >= 11 is 0. The van der Waals surface area contributed by atoms with E-state index in [0.29, 0.717) is 24.2 Å². The summed E-state index contributed by atoms with van der Waals surface area (Å²) in [5, 5.41) is 0. The first-order valence-corrected chi connectivity index (χ1v) is 10.9. The second-order valence-electron chi connectivity index (χ2n) is 5.78. The maximum atomic E-state index is 12.9. The Labute approximate surface area is 146 Å². The van der Waals surface area contributed by atoms with Gasteiger partial charge in [0.2, 0.25) is 20.0 Å². The summed E-state index contributed by atoms with van der Waals surface area (Å²) in [4.78, 5) is 0. The summed E-state index contributed by atoms with van der Waals surface area (Å²) in [5.41, 5.74) is 1.16. The smallest absolute Gasteiger partial charge is 0.236 e. The molecule has 0 unspecified atom stereocenters. The van der Waals surface area contributed by atoms with E-state index >= 15 is 0 Å². The summed E-state index contributed by atoms with van der Waals surface area (Å²) in [6.07, 6.45) is 0.544. The minimum absolute atomic E-state index is 0.0908. The molecule has 2 aromatic carbocycles. The summed E-state index contributed by atoms with van der Waals surface area (Å²) in [6.45, 7) is 0.383. The Balaban J connectivity index is 1.78. The normalized spacial score (nSPS) is 16.8. The Kier molecular flexibility index (Phi) is 4.70. The number of hydrogen-bond acceptors (Lipinski definition) is 4. The molecular formula is C16H17FN2O4S2. The number of benzene rings is 2. The van der Waals surface area contributed by atoms with Crippen LogP contribution in [0.3, 0.4) is 0 Å². The fourth-order valence-electron chi connectivity index (χ4n) is 2.67. The van der Waals surface area contributed by atoms with E-state index in [1.54, 1.807) is 18.2 Å². The predicted octanol–water partition coefficient (Wildman–Crippen LogP) is 2.31. The highest BCUT2D eigenvalue weighted by Gasteiger charge is 2.28. The second kappa shape index (κ2) is 6.64. The van der Waals surface area contributed by atoms with Crippen LogP contribution in [0, 0.1) is 5.82 Å². The van der Waals surface area contributed by atoms with Crippen LogP contribution < -0.4 is 9.03 Å². The number of hydrogen-bond donors (Lipinski definition) is 1. The van der Waals surface area contributed by atoms with Crippen molar-refractivity contribution in [3.8, 4) is 0 Å². The van der Waals surface area contributed by atoms with Gasteiger partial charge in [-0.15, -0.1) is 0 Å². The van der Waals surface area contributed by atoms with E-state index in [1.807, 2.05) is 0 Å². The lowest BCUT2D eigenvalue weighted by Crippen LogP contribution is -2.25. The second-order valence-corrected chi connectivity index (χ2v) is 9.51. The van der Waals surface area contributed by atoms with Crippen LogP contribution >= 0.6 is 0 Å². The van der Waals surface area contributed by atoms with Gasteiger partial charge in [-0.3, -0.25) is 9.03 Å². The molecule has 0 radical (unpaired) electrons. The number of halogens is 1. The molecule has 1 fully saturated rings. The van der Waals surface area contributed by atoms with Gasteiger partial charge >= 0.3 is 0 Å². The molecule has 134 valence electrons. The van der Waals surface area contributed by atoms with E-state index in [-0.39, 0.29) is 17.2 Å². The molecule has 1 heterocycles. The predicted molar refractivity (Wildman–Crippen MR) is 94.8 cm³/mol. The molecule has 25 heavy (non-hydrogen) atoms. The first-order valence-electron chi connectivity index (χ1n) is 7.61. The number of rotatable bonds is 5. The van der Waals surface area contributed by atoms with E-state index in [2.05, 4.69) is 4.72 Å². The van der Waals surface area contributed by atoms with Crippen LogP contribution in [-0.2, 0) is 25.8 Å². The average Bonchev–Trinajstić information content (AvgIpc) is 2.88. The minimum atomic E-state index is -3.71. The van der Waals surface area contributed by atoms with Crippen LogP contribution in [-0.4, -0.2) is 29.1 Å². The first kappa shape index (κ1) is 17.7. The number of anilines is 2. The highest BCUT2D eigenvalue weighted by molar-refractivity contribution is 7.93. The molecule has 0 spiro atoms. The van der Waals surface area contributed by atoms with Gasteiger partial charge in [-0.1, -0.05) is 18.2 Å². The molecule has 1 N–H and O–H groups in total. The zero-order valence-corrected chi connectivity index (χ0v) is 14.9. The minimum Gasteiger partial charge on any atom is -0.283 e. The Morgan fingerprint density at radius 3 is 2.48 bits per heavy atom. The third-order valence-corrected chi connectivity index (χ3v) is 6.91. The zero-order valence-electron chi connectivity index (χ0n) is 13.2. The molecule has 1 saturated heterocycles. The molecule has 0 bridgehead atoms. The van der Waals surface area contributed by atoms with Crippen LogP contribution in [0.15, 0.2) is 48.5 Å². The van der Waals surface area contributed by atoms with Crippen LogP contribution in [0.5, 0.6) is 0 Å². The average molecular weight is 384 g/mol. The molecule has 6 nitrogen and oxygen atoms in total. The van der Waals surface area contributed by atoms with Gasteiger partial charge < -0.3 is 0 Å². The number of sulfonamides is 2. The van der Waals surface area contributed by atoms with Gasteiger partial charge in [0.25, 0.3) is 0 Å². The number of nitrogens with one attached hydrogen (secondary N) is 1. The van der Waals surface area contributed by atoms with E-state index in [9.17, 15) is 21.2 Å². The summed E-state index contributed by atoms with van der Waals surface area (Å²) < 4.78 is 65.1. The highest BCUT2D eigenvalue weighted by atomic mass is 32.2. The van der Waals surface area contributed by atoms with E-state index < -0.39 is 25.9 Å². The third kappa shape index (κ3) is 4.29. The van der Waals surface area contributed by atoms with Gasteiger partial charge in [0.05, 0.1) is 22.9 Å². The molecule has 9 heteroatoms. The quantitative estimate of drug-likeness (QED) is 0.857. The maximum absolute atomic E-state index is 12.9. The van der Waals surface area contributed by atoms with Gasteiger partial charge in [0.1, 0.15) is 5.82 Å². The van der Waals surface area contributed by atoms with Crippen molar-refractivity contribution in [2.75, 3.05) is 21.3 Å². The van der Waals surface area contributed by atoms with E-state index in [4.69, 9.17) is 0 Å². The van der Waals surface area contributed by atoms with Crippen molar-refractivity contribution in [1.29, 1.82) is 0 Å². The fraction of sp³-hybridized carbons (Fsp3) is 0.250. The van der Waals surface area contributed by atoms with Crippen molar-refractivity contribution in [3.63, 3.8) is 0 Å². The molecule has 1 aliphatic heterocycles. The standard InChI is InChI=1S/C16H17FN2O4S2/c17-14-7-5-13(6-8-14)12-24(20,21)18-15-3-1-4-16(11-15)19-9-2-10-25(19,22)23/h1,3-8,11,18H,2,9-10,12H2. The van der Waals surface area contributed by atoms with Crippen molar-refractivity contribution in [2.24, 2.45) is 0 Å². The summed E-state index contributed by atoms with van der Waals surface area (Å²) in [6, 6.07) is 11.5. The Bertz CT molecular complexity index is 973. The maximum Gasteiger partial charge on any atom is 0.236 e. The molecule has 1 aliphatic rings. The van der Waals surface area contributed by atoms with Gasteiger partial charge in [0.15, 0.2) is 0 Å². The first-order chi connectivity index (χ1) is 11.8. The van der Waals surface area contributed by atoms with Gasteiger partial charge in [0, 0.05) is 6.54 Å². The lowest BCUT2D eigenvalue weighted by molar-refractivity contribution is 0.598. The molecule has 0 aromatic heterocycles. The van der Waals surface area contributed by atoms with Crippen molar-refractivity contribution < 1.29 is 21.2 Å². The number of nitrogens with zero attached hydrogens (tertiary/aromatic N) is 1. The third-order valence-electron chi connectivity index (χ3n) is 3.78. The summed E-state index contributed by atoms with van der Waals surface area (Å²) in [5.74, 6) is -0.652. The SMILES string of the molecule is O=S(=O)(Cc1ccc(F)cc1)Nc1cccc(N2CCCS2(=O)=O)c1. The van der Waals surface area contributed by atoms with Crippen molar-refractivity contribution in [1.82, 2.24) is 0 Å². The molecule has 2 aromatic rings. The Morgan fingerprint density at radius 2 is 1.84 bits per heavy atom. The highest BCUT2D eigenvalue weighted by Crippen LogP contribution is 2.27. The monoisotopic (exact) mass is 384 g/mol. The zero-order chi connectivity index (χ0) is 18.1. The van der Waals surface area contributed by atoms with E-state index in [0.717, 1.165) is 0 Å². The molecule has 0 saturated carbocycles. The Morgan fingerprint density at radius 1 is 1.12 bits per heavy atom. The molecule has 3 rings (SSSR count). The Hall–Kier alpha value is -2.13. The topological polar surface area (TPSA) is 83.6 Å². The van der Waals surface area contributed by atoms with Crippen LogP contribution in [0.1, 0.15) is 12.0 Å². The van der Waals surface area contributed by atoms with Gasteiger partial charge in [-0.05, 0) is 42.3 Å². The lowest BCUT2D eigenvalue weighted by Gasteiger charge is -2.18. The lowest BCUT2D eigenvalue weighted by atomic mass is 10.2. The molecule has 0 atom stereocenters. The van der Waals surface area contributed by atoms with Crippen LogP contribution in [0.2, 0.25) is 0 Å². The molecule has 0 aliphatic carbocycles. The van der Waals surface area contributed by atoms with Gasteiger partial charge in [-0.2, -0.15) is 0 Å². The van der Waals surface area contributed by atoms with Crippen molar-refractivity contribution in [2.45, 2.75) is 12.2 Å². The van der Waals surface area contributed by atoms with Crippen LogP contribution in [0.4, 0.5) is 15.8 Å². The van der Waals surface area contributed by atoms with Crippen molar-refractivity contribution in [3.05, 3.63) is 59.9 Å². The summed E-state index contributed by atoms with van der Waals surface area (Å²) in [7, 11) is -7.04.